The minimum atomic E-state index is -0.248. The summed E-state index contributed by atoms with van der Waals surface area (Å²) in [5.74, 6) is -0.0420. The van der Waals surface area contributed by atoms with E-state index in [4.69, 9.17) is 0 Å². The van der Waals surface area contributed by atoms with Crippen LogP contribution in [0.4, 0.5) is 5.69 Å². The summed E-state index contributed by atoms with van der Waals surface area (Å²) >= 11 is 0. The lowest BCUT2D eigenvalue weighted by molar-refractivity contribution is 0.0919. The van der Waals surface area contributed by atoms with Gasteiger partial charge in [0.15, 0.2) is 0 Å². The van der Waals surface area contributed by atoms with Crippen LogP contribution >= 0.6 is 0 Å². The molecule has 1 aliphatic heterocycles. The van der Waals surface area contributed by atoms with E-state index in [2.05, 4.69) is 73.0 Å². The first-order valence-corrected chi connectivity index (χ1v) is 11.0. The Morgan fingerprint density at radius 3 is 2.35 bits per heavy atom. The lowest BCUT2D eigenvalue weighted by Crippen LogP contribution is -2.40. The molecule has 1 amide bonds. The number of carbonyl (C=O) groups excluding carboxylic acids is 1. The van der Waals surface area contributed by atoms with Crippen LogP contribution in [0, 0.1) is 5.41 Å². The number of amides is 1. The van der Waals surface area contributed by atoms with E-state index < -0.39 is 0 Å². The van der Waals surface area contributed by atoms with Crippen molar-refractivity contribution in [2.24, 2.45) is 5.41 Å². The van der Waals surface area contributed by atoms with E-state index in [9.17, 15) is 4.79 Å². The lowest BCUT2D eigenvalue weighted by Gasteiger charge is -2.41. The van der Waals surface area contributed by atoms with E-state index in [1.807, 2.05) is 45.0 Å². The van der Waals surface area contributed by atoms with Crippen molar-refractivity contribution in [1.82, 2.24) is 5.32 Å². The molecule has 0 saturated heterocycles. The number of fused-ring (bicyclic) bond motifs is 1. The van der Waals surface area contributed by atoms with Crippen molar-refractivity contribution in [3.8, 4) is 11.1 Å². The van der Waals surface area contributed by atoms with Crippen LogP contribution in [0.15, 0.2) is 72.8 Å². The van der Waals surface area contributed by atoms with E-state index in [0.29, 0.717) is 5.56 Å². The van der Waals surface area contributed by atoms with E-state index in [-0.39, 0.29) is 22.9 Å². The van der Waals surface area contributed by atoms with Crippen molar-refractivity contribution < 1.29 is 4.79 Å². The van der Waals surface area contributed by atoms with Crippen LogP contribution in [0.5, 0.6) is 0 Å². The van der Waals surface area contributed by atoms with Gasteiger partial charge in [-0.1, -0.05) is 62.4 Å². The quantitative estimate of drug-likeness (QED) is 0.508. The highest BCUT2D eigenvalue weighted by molar-refractivity contribution is 5.95. The van der Waals surface area contributed by atoms with Crippen molar-refractivity contribution in [2.45, 2.75) is 52.6 Å². The van der Waals surface area contributed by atoms with Crippen LogP contribution in [0.2, 0.25) is 0 Å². The van der Waals surface area contributed by atoms with Gasteiger partial charge < -0.3 is 10.6 Å². The number of carbonyl (C=O) groups is 1. The Hall–Kier alpha value is -3.07. The highest BCUT2D eigenvalue weighted by atomic mass is 16.1. The highest BCUT2D eigenvalue weighted by Crippen LogP contribution is 2.45. The average molecular weight is 413 g/mol. The first-order chi connectivity index (χ1) is 14.6. The van der Waals surface area contributed by atoms with Crippen molar-refractivity contribution in [1.29, 1.82) is 0 Å². The third-order valence-electron chi connectivity index (χ3n) is 5.93. The third kappa shape index (κ3) is 4.66. The SMILES string of the molecule is CC(C)(C)NC(=O)c1ccc(-c2cccc(C3Nc4ccccc4CC3(C)C)c2)cc1. The van der Waals surface area contributed by atoms with Gasteiger partial charge in [-0.25, -0.2) is 0 Å². The normalized spacial score (nSPS) is 17.4. The van der Waals surface area contributed by atoms with E-state index >= 15 is 0 Å². The number of rotatable bonds is 3. The van der Waals surface area contributed by atoms with E-state index in [1.165, 1.54) is 16.8 Å². The molecule has 0 fully saturated rings. The van der Waals surface area contributed by atoms with Gasteiger partial charge in [-0.05, 0) is 79.1 Å². The fraction of sp³-hybridized carbons (Fsp3) is 0.321. The Kier molecular flexibility index (Phi) is 5.38. The standard InChI is InChI=1S/C28H32N2O/c1-27(2,3)30-26(31)20-15-13-19(14-16-20)21-10-8-11-22(17-21)25-28(4,5)18-23-9-6-7-12-24(23)29-25/h6-17,25,29H,18H2,1-5H3,(H,30,31). The summed E-state index contributed by atoms with van der Waals surface area (Å²) in [4.78, 5) is 12.4. The van der Waals surface area contributed by atoms with Crippen LogP contribution in [-0.2, 0) is 6.42 Å². The molecule has 1 heterocycles. The summed E-state index contributed by atoms with van der Waals surface area (Å²) in [6.45, 7) is 10.6. The molecule has 0 saturated carbocycles. The monoisotopic (exact) mass is 412 g/mol. The minimum Gasteiger partial charge on any atom is -0.377 e. The average Bonchev–Trinajstić information content (AvgIpc) is 2.71. The van der Waals surface area contributed by atoms with Gasteiger partial charge in [-0.3, -0.25) is 4.79 Å². The van der Waals surface area contributed by atoms with Gasteiger partial charge >= 0.3 is 0 Å². The van der Waals surface area contributed by atoms with Gasteiger partial charge in [-0.2, -0.15) is 0 Å². The smallest absolute Gasteiger partial charge is 0.251 e. The Morgan fingerprint density at radius 2 is 1.65 bits per heavy atom. The zero-order valence-corrected chi connectivity index (χ0v) is 19.1. The molecule has 0 aliphatic carbocycles. The number of benzene rings is 3. The maximum absolute atomic E-state index is 12.4. The van der Waals surface area contributed by atoms with Gasteiger partial charge in [0.1, 0.15) is 0 Å². The molecule has 4 rings (SSSR count). The molecule has 3 aromatic rings. The molecule has 0 aromatic heterocycles. The van der Waals surface area contributed by atoms with Crippen LogP contribution in [0.3, 0.4) is 0 Å². The molecule has 0 radical (unpaired) electrons. The van der Waals surface area contributed by atoms with E-state index in [1.54, 1.807) is 0 Å². The van der Waals surface area contributed by atoms with Crippen molar-refractivity contribution in [2.75, 3.05) is 5.32 Å². The molecule has 1 atom stereocenters. The third-order valence-corrected chi connectivity index (χ3v) is 5.93. The van der Waals surface area contributed by atoms with Crippen molar-refractivity contribution in [3.05, 3.63) is 89.5 Å². The fourth-order valence-corrected chi connectivity index (χ4v) is 4.42. The molecule has 160 valence electrons. The summed E-state index contributed by atoms with van der Waals surface area (Å²) in [6.07, 6.45) is 1.04. The topological polar surface area (TPSA) is 41.1 Å². The van der Waals surface area contributed by atoms with Gasteiger partial charge in [0.05, 0.1) is 6.04 Å². The zero-order valence-electron chi connectivity index (χ0n) is 19.1. The summed E-state index contributed by atoms with van der Waals surface area (Å²) in [6, 6.07) is 25.5. The van der Waals surface area contributed by atoms with Gasteiger partial charge in [-0.15, -0.1) is 0 Å². The number of anilines is 1. The molecule has 3 nitrogen and oxygen atoms in total. The first kappa shape index (κ1) is 21.2. The Labute approximate surface area is 185 Å². The van der Waals surface area contributed by atoms with Crippen LogP contribution < -0.4 is 10.6 Å². The Balaban J connectivity index is 1.60. The molecule has 1 unspecified atom stereocenters. The summed E-state index contributed by atoms with van der Waals surface area (Å²) in [5.41, 5.74) is 6.70. The van der Waals surface area contributed by atoms with Crippen molar-refractivity contribution >= 4 is 11.6 Å². The molecule has 0 bridgehead atoms. The number of para-hydroxylation sites is 1. The molecule has 2 N–H and O–H groups in total. The largest absolute Gasteiger partial charge is 0.377 e. The molecular formula is C28H32N2O. The molecule has 0 spiro atoms. The second-order valence-corrected chi connectivity index (χ2v) is 10.3. The second kappa shape index (κ2) is 7.88. The van der Waals surface area contributed by atoms with E-state index in [0.717, 1.165) is 17.5 Å². The van der Waals surface area contributed by atoms with Gasteiger partial charge in [0, 0.05) is 16.8 Å². The maximum Gasteiger partial charge on any atom is 0.251 e. The van der Waals surface area contributed by atoms with Crippen LogP contribution in [0.1, 0.15) is 62.1 Å². The second-order valence-electron chi connectivity index (χ2n) is 10.3. The molecule has 3 aromatic carbocycles. The minimum absolute atomic E-state index is 0.0420. The number of hydrogen-bond acceptors (Lipinski definition) is 2. The summed E-state index contributed by atoms with van der Waals surface area (Å²) < 4.78 is 0. The van der Waals surface area contributed by atoms with Crippen LogP contribution in [0.25, 0.3) is 11.1 Å². The Bertz CT molecular complexity index is 1090. The highest BCUT2D eigenvalue weighted by Gasteiger charge is 2.35. The maximum atomic E-state index is 12.4. The van der Waals surface area contributed by atoms with Gasteiger partial charge in [0.25, 0.3) is 5.91 Å². The Morgan fingerprint density at radius 1 is 0.935 bits per heavy atom. The zero-order chi connectivity index (χ0) is 22.2. The number of hydrogen-bond donors (Lipinski definition) is 2. The number of nitrogens with one attached hydrogen (secondary N) is 2. The fourth-order valence-electron chi connectivity index (χ4n) is 4.42. The molecular weight excluding hydrogens is 380 g/mol. The van der Waals surface area contributed by atoms with Gasteiger partial charge in [0.2, 0.25) is 0 Å². The van der Waals surface area contributed by atoms with Crippen LogP contribution in [-0.4, -0.2) is 11.4 Å². The van der Waals surface area contributed by atoms with Crippen molar-refractivity contribution in [3.63, 3.8) is 0 Å². The summed E-state index contributed by atoms with van der Waals surface area (Å²) in [5, 5.41) is 6.79. The molecule has 3 heteroatoms. The molecule has 31 heavy (non-hydrogen) atoms. The molecule has 1 aliphatic rings. The first-order valence-electron chi connectivity index (χ1n) is 11.0. The summed E-state index contributed by atoms with van der Waals surface area (Å²) in [7, 11) is 0. The predicted octanol–water partition coefficient (Wildman–Crippen LogP) is 6.62. The predicted molar refractivity (Wildman–Crippen MR) is 129 cm³/mol. The lowest BCUT2D eigenvalue weighted by atomic mass is 9.72.